The lowest BCUT2D eigenvalue weighted by Gasteiger charge is -2.27. The van der Waals surface area contributed by atoms with Crippen LogP contribution in [0.3, 0.4) is 0 Å². The number of carbonyl (C=O) groups excluding carboxylic acids is 1. The zero-order valence-corrected chi connectivity index (χ0v) is 11.6. The standard InChI is InChI=1S/C12H24N2O4/c1-5-14(9(2)3)12(17)13-10(11(15)16)7-6-8-18-4/h9-10H,5-8H2,1-4H3,(H,13,17)(H,15,16). The van der Waals surface area contributed by atoms with Crippen LogP contribution >= 0.6 is 0 Å². The van der Waals surface area contributed by atoms with Crippen molar-refractivity contribution in [2.24, 2.45) is 0 Å². The summed E-state index contributed by atoms with van der Waals surface area (Å²) < 4.78 is 4.87. The molecule has 18 heavy (non-hydrogen) atoms. The van der Waals surface area contributed by atoms with Crippen molar-refractivity contribution >= 4 is 12.0 Å². The Morgan fingerprint density at radius 3 is 2.39 bits per heavy atom. The molecule has 2 amide bonds. The van der Waals surface area contributed by atoms with Crippen LogP contribution in [0.25, 0.3) is 0 Å². The quantitative estimate of drug-likeness (QED) is 0.645. The molecule has 6 nitrogen and oxygen atoms in total. The van der Waals surface area contributed by atoms with E-state index in [0.717, 1.165) is 0 Å². The Bertz CT molecular complexity index is 269. The van der Waals surface area contributed by atoms with Crippen LogP contribution in [0.5, 0.6) is 0 Å². The Kier molecular flexibility index (Phi) is 8.11. The molecule has 6 heteroatoms. The Morgan fingerprint density at radius 1 is 1.39 bits per heavy atom. The summed E-state index contributed by atoms with van der Waals surface area (Å²) in [6.07, 6.45) is 0.964. The highest BCUT2D eigenvalue weighted by Gasteiger charge is 2.23. The van der Waals surface area contributed by atoms with E-state index in [9.17, 15) is 9.59 Å². The number of hydrogen-bond acceptors (Lipinski definition) is 3. The average molecular weight is 260 g/mol. The lowest BCUT2D eigenvalue weighted by atomic mass is 10.1. The number of carbonyl (C=O) groups is 2. The van der Waals surface area contributed by atoms with E-state index in [1.165, 1.54) is 0 Å². The first-order chi connectivity index (χ1) is 8.43. The number of urea groups is 1. The van der Waals surface area contributed by atoms with E-state index in [1.807, 2.05) is 20.8 Å². The van der Waals surface area contributed by atoms with Crippen LogP contribution in [0.2, 0.25) is 0 Å². The number of carboxylic acids is 1. The molecule has 0 aromatic rings. The monoisotopic (exact) mass is 260 g/mol. The van der Waals surface area contributed by atoms with Crippen LogP contribution in [-0.2, 0) is 9.53 Å². The molecule has 0 aliphatic rings. The van der Waals surface area contributed by atoms with Crippen LogP contribution in [0.15, 0.2) is 0 Å². The van der Waals surface area contributed by atoms with Crippen LogP contribution < -0.4 is 5.32 Å². The highest BCUT2D eigenvalue weighted by Crippen LogP contribution is 2.03. The van der Waals surface area contributed by atoms with Gasteiger partial charge in [0, 0.05) is 26.3 Å². The van der Waals surface area contributed by atoms with Crippen LogP contribution in [0.4, 0.5) is 4.79 Å². The molecule has 0 aliphatic carbocycles. The number of aliphatic carboxylic acids is 1. The summed E-state index contributed by atoms with van der Waals surface area (Å²) in [6.45, 7) is 6.68. The minimum absolute atomic E-state index is 0.0448. The van der Waals surface area contributed by atoms with E-state index < -0.39 is 12.0 Å². The summed E-state index contributed by atoms with van der Waals surface area (Å²) in [5.74, 6) is -1.01. The molecule has 106 valence electrons. The highest BCUT2D eigenvalue weighted by molar-refractivity contribution is 5.82. The number of rotatable bonds is 8. The summed E-state index contributed by atoms with van der Waals surface area (Å²) in [6, 6.07) is -1.15. The molecule has 0 aromatic carbocycles. The second-order valence-electron chi connectivity index (χ2n) is 4.36. The summed E-state index contributed by atoms with van der Waals surface area (Å²) in [5.41, 5.74) is 0. The zero-order chi connectivity index (χ0) is 14.1. The molecule has 0 fully saturated rings. The van der Waals surface area contributed by atoms with E-state index in [1.54, 1.807) is 12.0 Å². The molecule has 0 heterocycles. The number of amides is 2. The lowest BCUT2D eigenvalue weighted by molar-refractivity contribution is -0.139. The topological polar surface area (TPSA) is 78.9 Å². The Hall–Kier alpha value is -1.30. The number of carboxylic acid groups (broad SMARTS) is 1. The molecule has 0 bridgehead atoms. The molecular weight excluding hydrogens is 236 g/mol. The number of methoxy groups -OCH3 is 1. The summed E-state index contributed by atoms with van der Waals surface area (Å²) in [4.78, 5) is 24.5. The van der Waals surface area contributed by atoms with Gasteiger partial charge in [-0.15, -0.1) is 0 Å². The van der Waals surface area contributed by atoms with Gasteiger partial charge in [0.15, 0.2) is 0 Å². The van der Waals surface area contributed by atoms with Gasteiger partial charge in [-0.2, -0.15) is 0 Å². The van der Waals surface area contributed by atoms with Gasteiger partial charge in [0.2, 0.25) is 0 Å². The molecule has 0 saturated heterocycles. The van der Waals surface area contributed by atoms with Crippen molar-refractivity contribution in [2.75, 3.05) is 20.3 Å². The van der Waals surface area contributed by atoms with E-state index in [0.29, 0.717) is 26.0 Å². The van der Waals surface area contributed by atoms with Crippen molar-refractivity contribution in [1.82, 2.24) is 10.2 Å². The number of ether oxygens (including phenoxy) is 1. The number of nitrogens with zero attached hydrogens (tertiary/aromatic N) is 1. The molecule has 0 saturated carbocycles. The fourth-order valence-electron chi connectivity index (χ4n) is 1.66. The molecular formula is C12H24N2O4. The fraction of sp³-hybridized carbons (Fsp3) is 0.833. The van der Waals surface area contributed by atoms with Gasteiger partial charge in [0.1, 0.15) is 6.04 Å². The van der Waals surface area contributed by atoms with Crippen molar-refractivity contribution in [2.45, 2.75) is 45.7 Å². The molecule has 1 unspecified atom stereocenters. The lowest BCUT2D eigenvalue weighted by Crippen LogP contribution is -2.50. The maximum absolute atomic E-state index is 11.9. The molecule has 1 atom stereocenters. The summed E-state index contributed by atoms with van der Waals surface area (Å²) in [5, 5.41) is 11.6. The Labute approximate surface area is 108 Å². The van der Waals surface area contributed by atoms with Crippen LogP contribution in [0.1, 0.15) is 33.6 Å². The highest BCUT2D eigenvalue weighted by atomic mass is 16.5. The summed E-state index contributed by atoms with van der Waals surface area (Å²) >= 11 is 0. The smallest absolute Gasteiger partial charge is 0.326 e. The van der Waals surface area contributed by atoms with Gasteiger partial charge in [0.25, 0.3) is 0 Å². The maximum atomic E-state index is 11.9. The minimum atomic E-state index is -1.01. The van der Waals surface area contributed by atoms with Crippen LogP contribution in [-0.4, -0.2) is 54.4 Å². The molecule has 0 radical (unpaired) electrons. The van der Waals surface area contributed by atoms with Crippen molar-refractivity contribution in [1.29, 1.82) is 0 Å². The minimum Gasteiger partial charge on any atom is -0.480 e. The average Bonchev–Trinajstić information content (AvgIpc) is 2.28. The molecule has 0 spiro atoms. The van der Waals surface area contributed by atoms with Gasteiger partial charge in [0.05, 0.1) is 0 Å². The van der Waals surface area contributed by atoms with E-state index in [-0.39, 0.29) is 12.1 Å². The second kappa shape index (κ2) is 8.74. The number of hydrogen-bond donors (Lipinski definition) is 2. The predicted molar refractivity (Wildman–Crippen MR) is 68.6 cm³/mol. The first-order valence-corrected chi connectivity index (χ1v) is 6.22. The van der Waals surface area contributed by atoms with Crippen molar-refractivity contribution in [3.63, 3.8) is 0 Å². The first kappa shape index (κ1) is 16.7. The normalized spacial score (nSPS) is 12.3. The molecule has 0 rings (SSSR count). The first-order valence-electron chi connectivity index (χ1n) is 6.22. The van der Waals surface area contributed by atoms with Crippen molar-refractivity contribution in [3.05, 3.63) is 0 Å². The number of nitrogens with one attached hydrogen (secondary N) is 1. The van der Waals surface area contributed by atoms with Gasteiger partial charge < -0.3 is 20.1 Å². The zero-order valence-electron chi connectivity index (χ0n) is 11.6. The maximum Gasteiger partial charge on any atom is 0.326 e. The van der Waals surface area contributed by atoms with E-state index in [2.05, 4.69) is 5.32 Å². The van der Waals surface area contributed by atoms with Crippen LogP contribution in [0, 0.1) is 0 Å². The third-order valence-electron chi connectivity index (χ3n) is 2.66. The predicted octanol–water partition coefficient (Wildman–Crippen LogP) is 1.31. The second-order valence-corrected chi connectivity index (χ2v) is 4.36. The van der Waals surface area contributed by atoms with Gasteiger partial charge in [-0.25, -0.2) is 9.59 Å². The van der Waals surface area contributed by atoms with Gasteiger partial charge in [-0.3, -0.25) is 0 Å². The van der Waals surface area contributed by atoms with E-state index >= 15 is 0 Å². The molecule has 0 aliphatic heterocycles. The van der Waals surface area contributed by atoms with Gasteiger partial charge in [-0.05, 0) is 33.6 Å². The van der Waals surface area contributed by atoms with E-state index in [4.69, 9.17) is 9.84 Å². The van der Waals surface area contributed by atoms with Crippen molar-refractivity contribution < 1.29 is 19.4 Å². The third kappa shape index (κ3) is 5.86. The van der Waals surface area contributed by atoms with Gasteiger partial charge >= 0.3 is 12.0 Å². The Morgan fingerprint density at radius 2 is 2.00 bits per heavy atom. The fourth-order valence-corrected chi connectivity index (χ4v) is 1.66. The van der Waals surface area contributed by atoms with Crippen molar-refractivity contribution in [3.8, 4) is 0 Å². The Balaban J connectivity index is 4.39. The molecule has 2 N–H and O–H groups in total. The SMILES string of the molecule is CCN(C(=O)NC(CCCOC)C(=O)O)C(C)C. The largest absolute Gasteiger partial charge is 0.480 e. The molecule has 0 aromatic heterocycles. The third-order valence-corrected chi connectivity index (χ3v) is 2.66. The summed E-state index contributed by atoms with van der Waals surface area (Å²) in [7, 11) is 1.56. The van der Waals surface area contributed by atoms with Gasteiger partial charge in [-0.1, -0.05) is 0 Å².